The summed E-state index contributed by atoms with van der Waals surface area (Å²) >= 11 is 0. The number of nitrogens with one attached hydrogen (secondary N) is 1. The zero-order valence-corrected chi connectivity index (χ0v) is 9.36. The molecule has 0 aromatic carbocycles. The van der Waals surface area contributed by atoms with E-state index in [9.17, 15) is 5.11 Å². The molecule has 0 amide bonds. The SMILES string of the molecule is CNCC1(C[O-])CC1.[K+]. The first-order chi connectivity index (χ1) is 3.83. The number of hydrogen-bond acceptors (Lipinski definition) is 2. The van der Waals surface area contributed by atoms with E-state index in [0.29, 0.717) is 0 Å². The third-order valence-corrected chi connectivity index (χ3v) is 1.82. The maximum Gasteiger partial charge on any atom is 1.00 e. The summed E-state index contributed by atoms with van der Waals surface area (Å²) in [6, 6.07) is 0. The maximum atomic E-state index is 10.4. The summed E-state index contributed by atoms with van der Waals surface area (Å²) in [6.45, 7) is 1.02. The standard InChI is InChI=1S/C6H12NO.K/c1-7-4-6(5-8)2-3-6;/h7H,2-5H2,1H3;/q-1;+1. The molecule has 48 valence electrons. The Kier molecular flexibility index (Phi) is 5.20. The maximum absolute atomic E-state index is 10.4. The Morgan fingerprint density at radius 2 is 2.11 bits per heavy atom. The molecule has 0 radical (unpaired) electrons. The average Bonchev–Trinajstić information content (AvgIpc) is 2.50. The molecule has 1 N–H and O–H groups in total. The molecule has 1 aliphatic rings. The summed E-state index contributed by atoms with van der Waals surface area (Å²) < 4.78 is 0. The molecule has 0 aromatic rings. The first kappa shape index (κ1) is 10.6. The topological polar surface area (TPSA) is 35.1 Å². The fraction of sp³-hybridized carbons (Fsp3) is 1.00. The van der Waals surface area contributed by atoms with Crippen molar-refractivity contribution < 1.29 is 56.5 Å². The molecule has 0 saturated heterocycles. The van der Waals surface area contributed by atoms with Crippen LogP contribution < -0.4 is 61.8 Å². The van der Waals surface area contributed by atoms with Gasteiger partial charge in [-0.3, -0.25) is 0 Å². The van der Waals surface area contributed by atoms with Gasteiger partial charge in [0.2, 0.25) is 0 Å². The molecular formula is C6H12KNO. The normalized spacial score (nSPS) is 20.7. The molecule has 0 bridgehead atoms. The molecule has 0 aliphatic heterocycles. The summed E-state index contributed by atoms with van der Waals surface area (Å²) in [6.07, 6.45) is 2.27. The average molecular weight is 153 g/mol. The van der Waals surface area contributed by atoms with Gasteiger partial charge in [0.15, 0.2) is 0 Å². The molecule has 1 fully saturated rings. The second-order valence-corrected chi connectivity index (χ2v) is 2.67. The van der Waals surface area contributed by atoms with E-state index in [1.54, 1.807) is 0 Å². The van der Waals surface area contributed by atoms with E-state index in [4.69, 9.17) is 0 Å². The van der Waals surface area contributed by atoms with Crippen molar-refractivity contribution in [2.45, 2.75) is 12.8 Å². The number of hydrogen-bond donors (Lipinski definition) is 1. The molecule has 0 heterocycles. The minimum Gasteiger partial charge on any atom is -0.854 e. The molecule has 9 heavy (non-hydrogen) atoms. The van der Waals surface area contributed by atoms with Crippen molar-refractivity contribution >= 4 is 0 Å². The summed E-state index contributed by atoms with van der Waals surface area (Å²) in [7, 11) is 1.90. The van der Waals surface area contributed by atoms with E-state index >= 15 is 0 Å². The quantitative estimate of drug-likeness (QED) is 0.424. The van der Waals surface area contributed by atoms with E-state index in [2.05, 4.69) is 5.32 Å². The Bertz CT molecular complexity index is 83.1. The Balaban J connectivity index is 0.000000640. The van der Waals surface area contributed by atoms with Crippen LogP contribution in [0.3, 0.4) is 0 Å². The van der Waals surface area contributed by atoms with Crippen LogP contribution in [-0.2, 0) is 0 Å². The molecule has 0 spiro atoms. The summed E-state index contributed by atoms with van der Waals surface area (Å²) in [5, 5.41) is 13.4. The van der Waals surface area contributed by atoms with Gasteiger partial charge in [-0.2, -0.15) is 0 Å². The largest absolute Gasteiger partial charge is 1.00 e. The third kappa shape index (κ3) is 2.97. The first-order valence-corrected chi connectivity index (χ1v) is 3.06. The van der Waals surface area contributed by atoms with Crippen LogP contribution >= 0.6 is 0 Å². The molecule has 2 nitrogen and oxygen atoms in total. The van der Waals surface area contributed by atoms with Crippen LogP contribution in [0.4, 0.5) is 0 Å². The van der Waals surface area contributed by atoms with E-state index in [1.165, 1.54) is 0 Å². The monoisotopic (exact) mass is 153 g/mol. The van der Waals surface area contributed by atoms with E-state index in [0.717, 1.165) is 19.4 Å². The van der Waals surface area contributed by atoms with Crippen molar-refractivity contribution in [3.63, 3.8) is 0 Å². The van der Waals surface area contributed by atoms with Crippen LogP contribution in [0.1, 0.15) is 12.8 Å². The second-order valence-electron chi connectivity index (χ2n) is 2.67. The Hall–Kier alpha value is 1.56. The molecule has 0 unspecified atom stereocenters. The van der Waals surface area contributed by atoms with Gasteiger partial charge in [0, 0.05) is 0 Å². The summed E-state index contributed by atoms with van der Waals surface area (Å²) in [4.78, 5) is 0. The van der Waals surface area contributed by atoms with Crippen LogP contribution in [0, 0.1) is 5.41 Å². The van der Waals surface area contributed by atoms with Gasteiger partial charge in [-0.15, -0.1) is 6.61 Å². The third-order valence-electron chi connectivity index (χ3n) is 1.82. The van der Waals surface area contributed by atoms with Crippen molar-refractivity contribution in [3.8, 4) is 0 Å². The van der Waals surface area contributed by atoms with Crippen LogP contribution in [0.15, 0.2) is 0 Å². The van der Waals surface area contributed by atoms with Crippen molar-refractivity contribution in [3.05, 3.63) is 0 Å². The molecule has 3 heteroatoms. The van der Waals surface area contributed by atoms with Gasteiger partial charge in [0.25, 0.3) is 0 Å². The molecule has 0 atom stereocenters. The van der Waals surface area contributed by atoms with Gasteiger partial charge < -0.3 is 10.4 Å². The van der Waals surface area contributed by atoms with Gasteiger partial charge in [-0.05, 0) is 31.8 Å². The predicted octanol–water partition coefficient (Wildman–Crippen LogP) is -3.65. The summed E-state index contributed by atoms with van der Waals surface area (Å²) in [5.74, 6) is 0. The van der Waals surface area contributed by atoms with E-state index in [1.807, 2.05) is 7.05 Å². The smallest absolute Gasteiger partial charge is 0.854 e. The van der Waals surface area contributed by atoms with Gasteiger partial charge in [0.05, 0.1) is 0 Å². The molecule has 1 aliphatic carbocycles. The molecule has 0 aromatic heterocycles. The van der Waals surface area contributed by atoms with Gasteiger partial charge in [-0.1, -0.05) is 0 Å². The fourth-order valence-corrected chi connectivity index (χ4v) is 0.924. The number of rotatable bonds is 3. The minimum atomic E-state index is 0. The van der Waals surface area contributed by atoms with Crippen LogP contribution in [0.5, 0.6) is 0 Å². The van der Waals surface area contributed by atoms with Crippen molar-refractivity contribution in [2.24, 2.45) is 5.41 Å². The second kappa shape index (κ2) is 4.44. The van der Waals surface area contributed by atoms with Crippen molar-refractivity contribution in [1.29, 1.82) is 0 Å². The summed E-state index contributed by atoms with van der Waals surface area (Å²) in [5.41, 5.74) is 0.175. The van der Waals surface area contributed by atoms with E-state index < -0.39 is 0 Å². The predicted molar refractivity (Wildman–Crippen MR) is 30.5 cm³/mol. The zero-order valence-electron chi connectivity index (χ0n) is 6.24. The van der Waals surface area contributed by atoms with Crippen molar-refractivity contribution in [2.75, 3.05) is 20.2 Å². The first-order valence-electron chi connectivity index (χ1n) is 3.06. The fourth-order valence-electron chi connectivity index (χ4n) is 0.924. The molecular weight excluding hydrogens is 141 g/mol. The minimum absolute atomic E-state index is 0. The molecule has 1 saturated carbocycles. The Morgan fingerprint density at radius 3 is 2.22 bits per heavy atom. The van der Waals surface area contributed by atoms with Gasteiger partial charge in [-0.25, -0.2) is 0 Å². The van der Waals surface area contributed by atoms with E-state index in [-0.39, 0.29) is 63.4 Å². The van der Waals surface area contributed by atoms with Crippen molar-refractivity contribution in [1.82, 2.24) is 5.32 Å². The Labute approximate surface area is 98.8 Å². The Morgan fingerprint density at radius 1 is 1.56 bits per heavy atom. The van der Waals surface area contributed by atoms with Crippen LogP contribution in [0.25, 0.3) is 0 Å². The zero-order chi connectivity index (χ0) is 6.04. The molecule has 1 rings (SSSR count). The van der Waals surface area contributed by atoms with Gasteiger partial charge in [0.1, 0.15) is 0 Å². The van der Waals surface area contributed by atoms with Crippen LogP contribution in [-0.4, -0.2) is 20.2 Å². The van der Waals surface area contributed by atoms with Gasteiger partial charge >= 0.3 is 51.4 Å². The van der Waals surface area contributed by atoms with Crippen LogP contribution in [0.2, 0.25) is 0 Å².